The van der Waals surface area contributed by atoms with Crippen LogP contribution in [0.1, 0.15) is 0 Å². The van der Waals surface area contributed by atoms with Crippen LogP contribution < -0.4 is 9.80 Å². The molecule has 5 heteroatoms. The van der Waals surface area contributed by atoms with Crippen LogP contribution in [-0.4, -0.2) is 50.2 Å². The second-order valence-corrected chi connectivity index (χ2v) is 5.40. The molecule has 0 radical (unpaired) electrons. The number of aliphatic carboxylic acids is 1. The van der Waals surface area contributed by atoms with E-state index in [1.165, 1.54) is 0 Å². The van der Waals surface area contributed by atoms with Gasteiger partial charge in [-0.25, -0.2) is 4.79 Å². The quantitative estimate of drug-likeness (QED) is 0.917. The van der Waals surface area contributed by atoms with Crippen LogP contribution in [0.25, 0.3) is 0 Å². The van der Waals surface area contributed by atoms with Crippen molar-refractivity contribution in [1.29, 1.82) is 0 Å². The third-order valence-corrected chi connectivity index (χ3v) is 3.47. The highest BCUT2D eigenvalue weighted by molar-refractivity contribution is 5.82. The van der Waals surface area contributed by atoms with Crippen LogP contribution in [0.5, 0.6) is 0 Å². The van der Waals surface area contributed by atoms with E-state index in [4.69, 9.17) is 0 Å². The number of hydrogen-bond acceptors (Lipinski definition) is 4. The van der Waals surface area contributed by atoms with Crippen molar-refractivity contribution in [3.63, 3.8) is 0 Å². The average molecular weight is 287 g/mol. The zero-order valence-corrected chi connectivity index (χ0v) is 12.8. The molecule has 0 saturated carbocycles. The number of hydrogen-bond donors (Lipinski definition) is 1. The molecule has 0 bridgehead atoms. The molecule has 1 unspecified atom stereocenters. The van der Waals surface area contributed by atoms with Crippen molar-refractivity contribution < 1.29 is 9.90 Å². The summed E-state index contributed by atoms with van der Waals surface area (Å²) < 4.78 is 0. The van der Waals surface area contributed by atoms with Crippen LogP contribution in [-0.2, 0) is 4.79 Å². The Labute approximate surface area is 125 Å². The van der Waals surface area contributed by atoms with Gasteiger partial charge in [-0.15, -0.1) is 0 Å². The van der Waals surface area contributed by atoms with Gasteiger partial charge in [0.25, 0.3) is 0 Å². The maximum absolute atomic E-state index is 11.5. The number of carbonyl (C=O) groups is 1. The summed E-state index contributed by atoms with van der Waals surface area (Å²) in [4.78, 5) is 17.2. The lowest BCUT2D eigenvalue weighted by atomic mass is 10.1. The Kier molecular flexibility index (Phi) is 4.21. The second-order valence-electron chi connectivity index (χ2n) is 5.40. The van der Waals surface area contributed by atoms with Crippen LogP contribution in [0.3, 0.4) is 0 Å². The minimum Gasteiger partial charge on any atom is -0.479 e. The molecule has 0 aliphatic carbocycles. The molecule has 0 amide bonds. The lowest BCUT2D eigenvalue weighted by Gasteiger charge is -2.31. The van der Waals surface area contributed by atoms with Gasteiger partial charge < -0.3 is 19.8 Å². The molecule has 5 nitrogen and oxygen atoms in total. The summed E-state index contributed by atoms with van der Waals surface area (Å²) in [7, 11) is 7.75. The van der Waals surface area contributed by atoms with Crippen molar-refractivity contribution in [1.82, 2.24) is 4.90 Å². The second kappa shape index (κ2) is 5.91. The monoisotopic (exact) mass is 287 g/mol. The Balaban J connectivity index is 2.30. The van der Waals surface area contributed by atoms with Crippen LogP contribution in [0.2, 0.25) is 0 Å². The summed E-state index contributed by atoms with van der Waals surface area (Å²) in [6, 6.07) is 7.13. The van der Waals surface area contributed by atoms with E-state index in [0.29, 0.717) is 0 Å². The van der Waals surface area contributed by atoms with Crippen molar-refractivity contribution in [2.45, 2.75) is 6.04 Å². The Bertz CT molecular complexity index is 574. The first-order chi connectivity index (χ1) is 9.90. The first-order valence-corrected chi connectivity index (χ1v) is 6.76. The molecule has 0 aromatic heterocycles. The molecule has 1 aromatic rings. The van der Waals surface area contributed by atoms with Gasteiger partial charge in [0, 0.05) is 51.5 Å². The molecular formula is C16H21N3O2. The van der Waals surface area contributed by atoms with Gasteiger partial charge >= 0.3 is 5.97 Å². The fourth-order valence-electron chi connectivity index (χ4n) is 2.20. The fraction of sp³-hybridized carbons (Fsp3) is 0.312. The smallest absolute Gasteiger partial charge is 0.330 e. The van der Waals surface area contributed by atoms with Crippen molar-refractivity contribution >= 4 is 17.3 Å². The summed E-state index contributed by atoms with van der Waals surface area (Å²) in [6.45, 7) is 0. The molecule has 1 heterocycles. The molecule has 1 aliphatic rings. The largest absolute Gasteiger partial charge is 0.479 e. The van der Waals surface area contributed by atoms with Gasteiger partial charge in [0.05, 0.1) is 0 Å². The lowest BCUT2D eigenvalue weighted by molar-refractivity contribution is -0.137. The highest BCUT2D eigenvalue weighted by atomic mass is 16.4. The maximum Gasteiger partial charge on any atom is 0.330 e. The summed E-state index contributed by atoms with van der Waals surface area (Å²) >= 11 is 0. The molecule has 21 heavy (non-hydrogen) atoms. The first kappa shape index (κ1) is 15.0. The van der Waals surface area contributed by atoms with E-state index in [9.17, 15) is 9.90 Å². The molecule has 0 saturated heterocycles. The zero-order valence-electron chi connectivity index (χ0n) is 12.8. The van der Waals surface area contributed by atoms with Crippen LogP contribution in [0.15, 0.2) is 48.3 Å². The van der Waals surface area contributed by atoms with E-state index >= 15 is 0 Å². The van der Waals surface area contributed by atoms with Crippen LogP contribution in [0.4, 0.5) is 11.4 Å². The predicted octanol–water partition coefficient (Wildman–Crippen LogP) is 1.98. The van der Waals surface area contributed by atoms with Crippen LogP contribution >= 0.6 is 0 Å². The van der Waals surface area contributed by atoms with E-state index in [1.54, 1.807) is 11.0 Å². The molecule has 2 rings (SSSR count). The molecule has 1 aliphatic heterocycles. The van der Waals surface area contributed by atoms with Gasteiger partial charge in [0.2, 0.25) is 0 Å². The van der Waals surface area contributed by atoms with E-state index in [1.807, 2.05) is 74.5 Å². The normalized spacial score (nSPS) is 17.4. The van der Waals surface area contributed by atoms with Crippen molar-refractivity contribution in [2.75, 3.05) is 38.0 Å². The Morgan fingerprint density at radius 2 is 1.71 bits per heavy atom. The molecule has 0 fully saturated rings. The van der Waals surface area contributed by atoms with Gasteiger partial charge in [-0.2, -0.15) is 0 Å². The number of allylic oxidation sites excluding steroid dienone is 1. The summed E-state index contributed by atoms with van der Waals surface area (Å²) in [6.07, 6.45) is 5.49. The number of likely N-dealkylation sites (N-methyl/N-ethyl adjacent to an activating group) is 1. The SMILES string of the molecule is CN(C)C1=CC(C(=O)O)N(c2ccc(N(C)C)cc2)C=C1. The fourth-order valence-corrected chi connectivity index (χ4v) is 2.20. The first-order valence-electron chi connectivity index (χ1n) is 6.76. The summed E-state index contributed by atoms with van der Waals surface area (Å²) in [5, 5.41) is 9.47. The average Bonchev–Trinajstić information content (AvgIpc) is 2.46. The van der Waals surface area contributed by atoms with Gasteiger partial charge in [-0.05, 0) is 36.4 Å². The number of nitrogens with zero attached hydrogens (tertiary/aromatic N) is 3. The number of carboxylic acid groups (broad SMARTS) is 1. The van der Waals surface area contributed by atoms with E-state index in [2.05, 4.69) is 0 Å². The van der Waals surface area contributed by atoms with Crippen molar-refractivity contribution in [2.24, 2.45) is 0 Å². The van der Waals surface area contributed by atoms with Gasteiger partial charge in [0.1, 0.15) is 0 Å². The lowest BCUT2D eigenvalue weighted by Crippen LogP contribution is -2.39. The van der Waals surface area contributed by atoms with Gasteiger partial charge in [-0.1, -0.05) is 0 Å². The van der Waals surface area contributed by atoms with Crippen molar-refractivity contribution in [3.05, 3.63) is 48.3 Å². The predicted molar refractivity (Wildman–Crippen MR) is 85.6 cm³/mol. The Morgan fingerprint density at radius 1 is 1.10 bits per heavy atom. The summed E-state index contributed by atoms with van der Waals surface area (Å²) in [5.41, 5.74) is 2.83. The van der Waals surface area contributed by atoms with Crippen LogP contribution in [0, 0.1) is 0 Å². The molecule has 1 atom stereocenters. The molecule has 0 spiro atoms. The van der Waals surface area contributed by atoms with E-state index in [0.717, 1.165) is 17.1 Å². The highest BCUT2D eigenvalue weighted by Gasteiger charge is 2.25. The third-order valence-electron chi connectivity index (χ3n) is 3.47. The number of carboxylic acids is 1. The standard InChI is InChI=1S/C16H21N3O2/c1-17(2)12-5-7-13(8-6-12)19-10-9-14(18(3)4)11-15(19)16(20)21/h5-11,15H,1-4H3,(H,20,21). The van der Waals surface area contributed by atoms with E-state index in [-0.39, 0.29) is 0 Å². The highest BCUT2D eigenvalue weighted by Crippen LogP contribution is 2.25. The number of benzene rings is 1. The Hall–Kier alpha value is -2.43. The maximum atomic E-state index is 11.5. The topological polar surface area (TPSA) is 47.0 Å². The zero-order chi connectivity index (χ0) is 15.6. The minimum atomic E-state index is -0.865. The molecule has 1 N–H and O–H groups in total. The summed E-state index contributed by atoms with van der Waals surface area (Å²) in [5.74, 6) is -0.865. The molecular weight excluding hydrogens is 266 g/mol. The third kappa shape index (κ3) is 3.18. The van der Waals surface area contributed by atoms with Crippen molar-refractivity contribution in [3.8, 4) is 0 Å². The number of anilines is 2. The molecule has 112 valence electrons. The van der Waals surface area contributed by atoms with Gasteiger partial charge in [0.15, 0.2) is 6.04 Å². The van der Waals surface area contributed by atoms with E-state index < -0.39 is 12.0 Å². The van der Waals surface area contributed by atoms with Gasteiger partial charge in [-0.3, -0.25) is 0 Å². The number of rotatable bonds is 4. The molecule has 1 aromatic carbocycles. The minimum absolute atomic E-state index is 0.697. The Morgan fingerprint density at radius 3 is 2.19 bits per heavy atom.